The SMILES string of the molecule is [2H]C(=O)CCC(C)(COC(C)(C)C)COC(C)(C)C. The van der Waals surface area contributed by atoms with Crippen molar-refractivity contribution in [1.29, 1.82) is 0 Å². The van der Waals surface area contributed by atoms with Crippen LogP contribution in [0, 0.1) is 5.41 Å². The molecule has 0 aliphatic carbocycles. The van der Waals surface area contributed by atoms with E-state index in [1.807, 2.05) is 48.5 Å². The van der Waals surface area contributed by atoms with E-state index in [4.69, 9.17) is 10.8 Å². The summed E-state index contributed by atoms with van der Waals surface area (Å²) in [6.07, 6.45) is 0.330. The van der Waals surface area contributed by atoms with Gasteiger partial charge in [0.2, 0.25) is 0 Å². The van der Waals surface area contributed by atoms with E-state index in [9.17, 15) is 4.79 Å². The molecule has 0 saturated carbocycles. The molecule has 0 unspecified atom stereocenters. The molecule has 0 aromatic carbocycles. The Balaban J connectivity index is 4.56. The Labute approximate surface area is 114 Å². The summed E-state index contributed by atoms with van der Waals surface area (Å²) in [7, 11) is 0. The van der Waals surface area contributed by atoms with Crippen LogP contribution in [0.3, 0.4) is 0 Å². The molecule has 0 aromatic rings. The van der Waals surface area contributed by atoms with Crippen LogP contribution >= 0.6 is 0 Å². The monoisotopic (exact) mass is 259 g/mol. The Bertz CT molecular complexity index is 269. The Morgan fingerprint density at radius 1 is 0.944 bits per heavy atom. The Hall–Kier alpha value is -0.410. The molecule has 0 aliphatic rings. The maximum absolute atomic E-state index is 10.9. The second-order valence-electron chi connectivity index (χ2n) is 7.26. The zero-order chi connectivity index (χ0) is 15.3. The minimum Gasteiger partial charge on any atom is -0.375 e. The normalized spacial score (nSPS) is 14.5. The van der Waals surface area contributed by atoms with Crippen LogP contribution < -0.4 is 0 Å². The van der Waals surface area contributed by atoms with Crippen LogP contribution in [0.5, 0.6) is 0 Å². The van der Waals surface area contributed by atoms with Crippen molar-refractivity contribution >= 4 is 6.26 Å². The van der Waals surface area contributed by atoms with E-state index in [1.54, 1.807) is 0 Å². The van der Waals surface area contributed by atoms with Crippen molar-refractivity contribution in [3.63, 3.8) is 0 Å². The van der Waals surface area contributed by atoms with Gasteiger partial charge in [-0.25, -0.2) is 0 Å². The summed E-state index contributed by atoms with van der Waals surface area (Å²) < 4.78 is 18.7. The van der Waals surface area contributed by atoms with E-state index in [0.29, 0.717) is 19.6 Å². The van der Waals surface area contributed by atoms with Crippen molar-refractivity contribution in [3.05, 3.63) is 0 Å². The molecule has 0 saturated heterocycles. The van der Waals surface area contributed by atoms with E-state index in [-0.39, 0.29) is 23.0 Å². The zero-order valence-electron chi connectivity index (χ0n) is 14.1. The summed E-state index contributed by atoms with van der Waals surface area (Å²) in [5, 5.41) is 0. The van der Waals surface area contributed by atoms with Crippen LogP contribution in [0.15, 0.2) is 0 Å². The van der Waals surface area contributed by atoms with E-state index >= 15 is 0 Å². The van der Waals surface area contributed by atoms with Crippen molar-refractivity contribution in [2.24, 2.45) is 5.41 Å². The average Bonchev–Trinajstić information content (AvgIpc) is 2.19. The van der Waals surface area contributed by atoms with Crippen molar-refractivity contribution in [1.82, 2.24) is 0 Å². The fraction of sp³-hybridized carbons (Fsp3) is 0.933. The molecule has 18 heavy (non-hydrogen) atoms. The minimum atomic E-state index is -0.530. The van der Waals surface area contributed by atoms with Crippen molar-refractivity contribution in [2.45, 2.75) is 72.5 Å². The lowest BCUT2D eigenvalue weighted by atomic mass is 9.87. The third kappa shape index (κ3) is 9.60. The minimum absolute atomic E-state index is 0.214. The summed E-state index contributed by atoms with van der Waals surface area (Å²) in [4.78, 5) is 10.9. The summed E-state index contributed by atoms with van der Waals surface area (Å²) in [5.41, 5.74) is -0.667. The largest absolute Gasteiger partial charge is 0.375 e. The molecule has 0 radical (unpaired) electrons. The number of rotatable bonds is 7. The highest BCUT2D eigenvalue weighted by Crippen LogP contribution is 2.28. The predicted octanol–water partition coefficient (Wildman–Crippen LogP) is 3.60. The van der Waals surface area contributed by atoms with E-state index in [2.05, 4.69) is 0 Å². The zero-order valence-corrected chi connectivity index (χ0v) is 13.1. The molecule has 3 nitrogen and oxygen atoms in total. The number of carbonyl (C=O) groups is 1. The number of ether oxygens (including phenoxy) is 2. The molecule has 0 N–H and O–H groups in total. The van der Waals surface area contributed by atoms with Crippen molar-refractivity contribution < 1.29 is 15.6 Å². The summed E-state index contributed by atoms with van der Waals surface area (Å²) in [6, 6.07) is 0. The van der Waals surface area contributed by atoms with Gasteiger partial charge in [-0.2, -0.15) is 0 Å². The quantitative estimate of drug-likeness (QED) is 0.655. The van der Waals surface area contributed by atoms with Gasteiger partial charge in [0.25, 0.3) is 0 Å². The number of aldehydes is 1. The van der Waals surface area contributed by atoms with Crippen molar-refractivity contribution in [2.75, 3.05) is 13.2 Å². The van der Waals surface area contributed by atoms with Gasteiger partial charge in [-0.1, -0.05) is 6.92 Å². The topological polar surface area (TPSA) is 35.5 Å². The lowest BCUT2D eigenvalue weighted by molar-refractivity contribution is -0.114. The molecule has 0 amide bonds. The standard InChI is InChI=1S/C15H30O3/c1-13(2,3)17-11-15(7,9-8-10-16)12-18-14(4,5)6/h10H,8-9,11-12H2,1-7H3/i10D. The van der Waals surface area contributed by atoms with Gasteiger partial charge in [0.1, 0.15) is 7.63 Å². The van der Waals surface area contributed by atoms with Crippen LogP contribution in [0.4, 0.5) is 0 Å². The van der Waals surface area contributed by atoms with Crippen LogP contribution in [0.1, 0.15) is 62.7 Å². The highest BCUT2D eigenvalue weighted by atomic mass is 16.5. The molecule has 0 atom stereocenters. The van der Waals surface area contributed by atoms with Crippen molar-refractivity contribution in [3.8, 4) is 0 Å². The lowest BCUT2D eigenvalue weighted by Gasteiger charge is -2.35. The van der Waals surface area contributed by atoms with Gasteiger partial charge < -0.3 is 14.3 Å². The molecule has 3 heteroatoms. The molecule has 0 rings (SSSR count). The van der Waals surface area contributed by atoms with Gasteiger partial charge in [0, 0.05) is 11.8 Å². The van der Waals surface area contributed by atoms with E-state index < -0.39 is 6.26 Å². The molecule has 0 fully saturated rings. The van der Waals surface area contributed by atoms with Gasteiger partial charge in [0.05, 0.1) is 24.4 Å². The second kappa shape index (κ2) is 6.67. The second-order valence-corrected chi connectivity index (χ2v) is 7.26. The maximum atomic E-state index is 10.9. The Kier molecular flexibility index (Phi) is 5.80. The van der Waals surface area contributed by atoms with Crippen LogP contribution in [0.2, 0.25) is 0 Å². The molecular formula is C15H30O3. The van der Waals surface area contributed by atoms with Gasteiger partial charge in [-0.15, -0.1) is 0 Å². The number of hydrogen-bond acceptors (Lipinski definition) is 3. The highest BCUT2D eigenvalue weighted by molar-refractivity contribution is 5.49. The smallest absolute Gasteiger partial charge is 0.120 e. The van der Waals surface area contributed by atoms with Gasteiger partial charge >= 0.3 is 0 Å². The summed E-state index contributed by atoms with van der Waals surface area (Å²) >= 11 is 0. The molecule has 0 spiro atoms. The Morgan fingerprint density at radius 2 is 1.33 bits per heavy atom. The van der Waals surface area contributed by atoms with Crippen LogP contribution in [-0.2, 0) is 14.3 Å². The molecule has 0 heterocycles. The van der Waals surface area contributed by atoms with E-state index in [0.717, 1.165) is 0 Å². The Morgan fingerprint density at radius 3 is 1.61 bits per heavy atom. The first-order chi connectivity index (χ1) is 8.33. The number of carbonyl (C=O) groups excluding carboxylic acids is 1. The number of hydrogen-bond donors (Lipinski definition) is 0. The first kappa shape index (κ1) is 15.6. The van der Waals surface area contributed by atoms with Gasteiger partial charge in [-0.3, -0.25) is 0 Å². The first-order valence-corrected chi connectivity index (χ1v) is 6.60. The molecule has 0 aliphatic heterocycles. The van der Waals surface area contributed by atoms with E-state index in [1.165, 1.54) is 0 Å². The molecule has 0 aromatic heterocycles. The fourth-order valence-corrected chi connectivity index (χ4v) is 1.32. The van der Waals surface area contributed by atoms with Crippen LogP contribution in [-0.4, -0.2) is 30.7 Å². The first-order valence-electron chi connectivity index (χ1n) is 7.10. The lowest BCUT2D eigenvalue weighted by Crippen LogP contribution is -2.36. The molecule has 0 bridgehead atoms. The molecule has 108 valence electrons. The predicted molar refractivity (Wildman–Crippen MR) is 74.8 cm³/mol. The van der Waals surface area contributed by atoms with Gasteiger partial charge in [-0.05, 0) is 48.0 Å². The summed E-state index contributed by atoms with van der Waals surface area (Å²) in [5.74, 6) is 0. The fourth-order valence-electron chi connectivity index (χ4n) is 1.32. The highest BCUT2D eigenvalue weighted by Gasteiger charge is 2.29. The average molecular weight is 259 g/mol. The molecular weight excluding hydrogens is 228 g/mol. The third-order valence-corrected chi connectivity index (χ3v) is 2.54. The maximum Gasteiger partial charge on any atom is 0.120 e. The van der Waals surface area contributed by atoms with Crippen LogP contribution in [0.25, 0.3) is 0 Å². The summed E-state index contributed by atoms with van der Waals surface area (Å²) in [6.45, 7) is 15.1. The third-order valence-electron chi connectivity index (χ3n) is 2.54. The van der Waals surface area contributed by atoms with Gasteiger partial charge in [0.15, 0.2) is 0 Å².